The number of hydrogen-bond acceptors (Lipinski definition) is 4. The molecule has 2 aliphatic heterocycles. The SMILES string of the molecule is Cn1cc(N2CCCC(NC(=O)N3CCCC(C(=O)O)C3)C2=O)cn1. The molecular formula is C16H23N5O4. The maximum absolute atomic E-state index is 12.7. The summed E-state index contributed by atoms with van der Waals surface area (Å²) in [5, 5.41) is 16.0. The number of nitrogens with one attached hydrogen (secondary N) is 1. The van der Waals surface area contributed by atoms with Crippen LogP contribution in [0.3, 0.4) is 0 Å². The van der Waals surface area contributed by atoms with Crippen LogP contribution < -0.4 is 10.2 Å². The summed E-state index contributed by atoms with van der Waals surface area (Å²) in [4.78, 5) is 39.4. The van der Waals surface area contributed by atoms with Gasteiger partial charge in [-0.1, -0.05) is 0 Å². The van der Waals surface area contributed by atoms with Gasteiger partial charge in [0.15, 0.2) is 0 Å². The van der Waals surface area contributed by atoms with Crippen molar-refractivity contribution in [3.63, 3.8) is 0 Å². The van der Waals surface area contributed by atoms with Gasteiger partial charge in [0.2, 0.25) is 5.91 Å². The fourth-order valence-corrected chi connectivity index (χ4v) is 3.42. The third-order valence-electron chi connectivity index (χ3n) is 4.80. The van der Waals surface area contributed by atoms with Crippen molar-refractivity contribution >= 4 is 23.6 Å². The number of aliphatic carboxylic acids is 1. The second-order valence-corrected chi connectivity index (χ2v) is 6.63. The van der Waals surface area contributed by atoms with E-state index in [0.29, 0.717) is 32.4 Å². The summed E-state index contributed by atoms with van der Waals surface area (Å²) in [6.07, 6.45) is 6.00. The predicted octanol–water partition coefficient (Wildman–Crippen LogP) is 0.422. The first-order valence-corrected chi connectivity index (χ1v) is 8.54. The van der Waals surface area contributed by atoms with E-state index in [0.717, 1.165) is 12.1 Å². The first-order chi connectivity index (χ1) is 12.0. The summed E-state index contributed by atoms with van der Waals surface area (Å²) in [5.41, 5.74) is 0.718. The molecule has 2 atom stereocenters. The van der Waals surface area contributed by atoms with Crippen LogP contribution in [0, 0.1) is 5.92 Å². The number of carboxylic acids is 1. The zero-order valence-electron chi connectivity index (χ0n) is 14.2. The van der Waals surface area contributed by atoms with E-state index in [9.17, 15) is 14.4 Å². The molecule has 9 nitrogen and oxygen atoms in total. The number of piperidine rings is 2. The highest BCUT2D eigenvalue weighted by Gasteiger charge is 2.34. The van der Waals surface area contributed by atoms with Gasteiger partial charge >= 0.3 is 12.0 Å². The van der Waals surface area contributed by atoms with E-state index < -0.39 is 17.9 Å². The van der Waals surface area contributed by atoms with Crippen LogP contribution in [-0.4, -0.2) is 63.4 Å². The summed E-state index contributed by atoms with van der Waals surface area (Å²) in [5.74, 6) is -1.57. The molecule has 1 aromatic rings. The lowest BCUT2D eigenvalue weighted by molar-refractivity contribution is -0.143. The lowest BCUT2D eigenvalue weighted by atomic mass is 9.98. The Morgan fingerprint density at radius 2 is 2.04 bits per heavy atom. The van der Waals surface area contributed by atoms with Crippen LogP contribution in [-0.2, 0) is 16.6 Å². The second-order valence-electron chi connectivity index (χ2n) is 6.63. The number of anilines is 1. The molecule has 0 radical (unpaired) electrons. The van der Waals surface area contributed by atoms with Crippen molar-refractivity contribution in [1.29, 1.82) is 0 Å². The van der Waals surface area contributed by atoms with E-state index in [4.69, 9.17) is 5.11 Å². The van der Waals surface area contributed by atoms with Crippen molar-refractivity contribution < 1.29 is 19.5 Å². The van der Waals surface area contributed by atoms with Crippen molar-refractivity contribution in [1.82, 2.24) is 20.0 Å². The average Bonchev–Trinajstić information content (AvgIpc) is 3.03. The Morgan fingerprint density at radius 3 is 2.72 bits per heavy atom. The summed E-state index contributed by atoms with van der Waals surface area (Å²) >= 11 is 0. The second kappa shape index (κ2) is 7.12. The summed E-state index contributed by atoms with van der Waals surface area (Å²) in [6.45, 7) is 1.30. The van der Waals surface area contributed by atoms with Gasteiger partial charge in [-0.05, 0) is 25.7 Å². The Labute approximate surface area is 145 Å². The van der Waals surface area contributed by atoms with E-state index in [1.165, 1.54) is 4.90 Å². The summed E-state index contributed by atoms with van der Waals surface area (Å²) < 4.78 is 1.63. The molecule has 3 amide bonds. The standard InChI is InChI=1S/C16H23N5O4/c1-19-10-12(8-17-19)21-7-3-5-13(14(21)22)18-16(25)20-6-2-4-11(9-20)15(23)24/h8,10-11,13H,2-7,9H2,1H3,(H,18,25)(H,23,24). The number of nitrogens with zero attached hydrogens (tertiary/aromatic N) is 4. The molecule has 0 aliphatic carbocycles. The van der Waals surface area contributed by atoms with Crippen LogP contribution in [0.2, 0.25) is 0 Å². The van der Waals surface area contributed by atoms with E-state index in [1.807, 2.05) is 0 Å². The summed E-state index contributed by atoms with van der Waals surface area (Å²) in [6, 6.07) is -0.955. The van der Waals surface area contributed by atoms with Gasteiger partial charge in [0, 0.05) is 32.9 Å². The Bertz CT molecular complexity index is 673. The number of hydrogen-bond donors (Lipinski definition) is 2. The minimum atomic E-state index is -0.881. The molecule has 2 saturated heterocycles. The van der Waals surface area contributed by atoms with Crippen molar-refractivity contribution in [3.05, 3.63) is 12.4 Å². The molecule has 136 valence electrons. The fourth-order valence-electron chi connectivity index (χ4n) is 3.42. The lowest BCUT2D eigenvalue weighted by Gasteiger charge is -2.35. The molecule has 1 aromatic heterocycles. The Morgan fingerprint density at radius 1 is 1.28 bits per heavy atom. The maximum atomic E-state index is 12.7. The third kappa shape index (κ3) is 3.75. The molecule has 0 spiro atoms. The van der Waals surface area contributed by atoms with Crippen molar-refractivity contribution in [2.75, 3.05) is 24.5 Å². The number of amides is 3. The Balaban J connectivity index is 1.62. The predicted molar refractivity (Wildman–Crippen MR) is 89.0 cm³/mol. The van der Waals surface area contributed by atoms with Gasteiger partial charge in [-0.15, -0.1) is 0 Å². The summed E-state index contributed by atoms with van der Waals surface area (Å²) in [7, 11) is 1.78. The van der Waals surface area contributed by atoms with Crippen LogP contribution in [0.1, 0.15) is 25.7 Å². The lowest BCUT2D eigenvalue weighted by Crippen LogP contribution is -2.56. The van der Waals surface area contributed by atoms with Crippen molar-refractivity contribution in [3.8, 4) is 0 Å². The highest BCUT2D eigenvalue weighted by molar-refractivity contribution is 5.99. The number of urea groups is 1. The zero-order chi connectivity index (χ0) is 18.0. The van der Waals surface area contributed by atoms with Gasteiger partial charge in [-0.3, -0.25) is 14.3 Å². The van der Waals surface area contributed by atoms with Crippen LogP contribution >= 0.6 is 0 Å². The first kappa shape index (κ1) is 17.2. The van der Waals surface area contributed by atoms with Crippen LogP contribution in [0.15, 0.2) is 12.4 Å². The van der Waals surface area contributed by atoms with Gasteiger partial charge in [-0.25, -0.2) is 4.79 Å². The van der Waals surface area contributed by atoms with Gasteiger partial charge < -0.3 is 20.2 Å². The smallest absolute Gasteiger partial charge is 0.318 e. The normalized spacial score (nSPS) is 24.3. The number of carboxylic acid groups (broad SMARTS) is 1. The van der Waals surface area contributed by atoms with Crippen LogP contribution in [0.4, 0.5) is 10.5 Å². The zero-order valence-corrected chi connectivity index (χ0v) is 14.2. The average molecular weight is 349 g/mol. The molecular weight excluding hydrogens is 326 g/mol. The van der Waals surface area contributed by atoms with Crippen molar-refractivity contribution in [2.24, 2.45) is 13.0 Å². The first-order valence-electron chi connectivity index (χ1n) is 8.54. The minimum absolute atomic E-state index is 0.153. The van der Waals surface area contributed by atoms with E-state index >= 15 is 0 Å². The molecule has 2 unspecified atom stereocenters. The van der Waals surface area contributed by atoms with Crippen molar-refractivity contribution in [2.45, 2.75) is 31.7 Å². The third-order valence-corrected chi connectivity index (χ3v) is 4.80. The topological polar surface area (TPSA) is 108 Å². The molecule has 2 N–H and O–H groups in total. The molecule has 0 bridgehead atoms. The molecule has 9 heteroatoms. The molecule has 25 heavy (non-hydrogen) atoms. The number of likely N-dealkylation sites (tertiary alicyclic amines) is 1. The number of carbonyl (C=O) groups is 3. The van der Waals surface area contributed by atoms with Crippen LogP contribution in [0.5, 0.6) is 0 Å². The van der Waals surface area contributed by atoms with Gasteiger partial charge in [-0.2, -0.15) is 5.10 Å². The quantitative estimate of drug-likeness (QED) is 0.822. The Hall–Kier alpha value is -2.58. The van der Waals surface area contributed by atoms with Gasteiger partial charge in [0.05, 0.1) is 17.8 Å². The number of aryl methyl sites for hydroxylation is 1. The van der Waals surface area contributed by atoms with E-state index in [-0.39, 0.29) is 18.5 Å². The number of rotatable bonds is 3. The minimum Gasteiger partial charge on any atom is -0.481 e. The molecule has 0 aromatic carbocycles. The Kier molecular flexibility index (Phi) is 4.91. The highest BCUT2D eigenvalue weighted by atomic mass is 16.4. The van der Waals surface area contributed by atoms with E-state index in [2.05, 4.69) is 10.4 Å². The number of carbonyl (C=O) groups excluding carboxylic acids is 2. The maximum Gasteiger partial charge on any atom is 0.318 e. The van der Waals surface area contributed by atoms with E-state index in [1.54, 1.807) is 29.0 Å². The largest absolute Gasteiger partial charge is 0.481 e. The number of aromatic nitrogens is 2. The molecule has 3 heterocycles. The van der Waals surface area contributed by atoms with Crippen LogP contribution in [0.25, 0.3) is 0 Å². The highest BCUT2D eigenvalue weighted by Crippen LogP contribution is 2.21. The molecule has 3 rings (SSSR count). The molecule has 0 saturated carbocycles. The van der Waals surface area contributed by atoms with Gasteiger partial charge in [0.25, 0.3) is 0 Å². The molecule has 2 fully saturated rings. The monoisotopic (exact) mass is 349 g/mol. The fraction of sp³-hybridized carbons (Fsp3) is 0.625. The van der Waals surface area contributed by atoms with Gasteiger partial charge in [0.1, 0.15) is 6.04 Å². The molecule has 2 aliphatic rings.